The molecule has 1 aromatic carbocycles. The molecule has 1 fully saturated rings. The molecule has 3 aromatic rings. The summed E-state index contributed by atoms with van der Waals surface area (Å²) in [6, 6.07) is 7.07. The molecular weight excluding hydrogens is 382 g/mol. The van der Waals surface area contributed by atoms with Crippen molar-refractivity contribution in [1.82, 2.24) is 20.1 Å². The standard InChI is InChI=1S/C22H23N5O3/c28-21-11-19(3-1-17(21)15-27-7-9-30-10-8-27)26-22(29)4-2-16-12-23-6-5-20(16)18-13-24-25-14-18/h1-6,11-14,28H,7-10,15H2,(H,24,25)(H,26,29)/b4-2+. The summed E-state index contributed by atoms with van der Waals surface area (Å²) in [7, 11) is 0. The number of nitrogens with zero attached hydrogens (tertiary/aromatic N) is 3. The molecule has 1 aliphatic heterocycles. The monoisotopic (exact) mass is 405 g/mol. The molecule has 0 radical (unpaired) electrons. The molecule has 0 unspecified atom stereocenters. The van der Waals surface area contributed by atoms with Crippen molar-refractivity contribution >= 4 is 17.7 Å². The fourth-order valence-electron chi connectivity index (χ4n) is 3.33. The molecule has 0 saturated carbocycles. The highest BCUT2D eigenvalue weighted by Gasteiger charge is 2.13. The van der Waals surface area contributed by atoms with Crippen LogP contribution in [-0.2, 0) is 16.1 Å². The third-order valence-electron chi connectivity index (χ3n) is 4.93. The van der Waals surface area contributed by atoms with Gasteiger partial charge in [-0.1, -0.05) is 6.07 Å². The topological polar surface area (TPSA) is 103 Å². The third-order valence-corrected chi connectivity index (χ3v) is 4.93. The largest absolute Gasteiger partial charge is 0.508 e. The summed E-state index contributed by atoms with van der Waals surface area (Å²) in [5.41, 5.74) is 4.00. The second-order valence-electron chi connectivity index (χ2n) is 7.00. The Morgan fingerprint density at radius 3 is 2.90 bits per heavy atom. The molecule has 1 saturated heterocycles. The summed E-state index contributed by atoms with van der Waals surface area (Å²) in [6.07, 6.45) is 10.0. The number of aromatic hydroxyl groups is 1. The Kier molecular flexibility index (Phi) is 6.17. The molecule has 1 amide bonds. The minimum atomic E-state index is -0.294. The zero-order valence-corrected chi connectivity index (χ0v) is 16.4. The number of ether oxygens (including phenoxy) is 1. The zero-order chi connectivity index (χ0) is 20.8. The highest BCUT2D eigenvalue weighted by molar-refractivity contribution is 6.02. The molecule has 0 atom stereocenters. The number of phenols is 1. The molecule has 154 valence electrons. The normalized spacial score (nSPS) is 14.8. The Hall–Kier alpha value is -3.49. The van der Waals surface area contributed by atoms with Crippen LogP contribution in [0.5, 0.6) is 5.75 Å². The van der Waals surface area contributed by atoms with Crippen molar-refractivity contribution in [3.05, 3.63) is 66.3 Å². The van der Waals surface area contributed by atoms with Crippen LogP contribution >= 0.6 is 0 Å². The van der Waals surface area contributed by atoms with Crippen LogP contribution in [0.2, 0.25) is 0 Å². The van der Waals surface area contributed by atoms with E-state index < -0.39 is 0 Å². The molecule has 4 rings (SSSR count). The van der Waals surface area contributed by atoms with Crippen LogP contribution in [0, 0.1) is 0 Å². The Balaban J connectivity index is 1.40. The Labute approximate surface area is 174 Å². The van der Waals surface area contributed by atoms with Crippen molar-refractivity contribution in [2.75, 3.05) is 31.6 Å². The maximum absolute atomic E-state index is 12.4. The van der Waals surface area contributed by atoms with Crippen LogP contribution in [0.3, 0.4) is 0 Å². The highest BCUT2D eigenvalue weighted by Crippen LogP contribution is 2.25. The molecular formula is C22H23N5O3. The number of hydrogen-bond donors (Lipinski definition) is 3. The van der Waals surface area contributed by atoms with Gasteiger partial charge >= 0.3 is 0 Å². The number of pyridine rings is 1. The number of morpholine rings is 1. The second kappa shape index (κ2) is 9.34. The second-order valence-corrected chi connectivity index (χ2v) is 7.00. The zero-order valence-electron chi connectivity index (χ0n) is 16.4. The van der Waals surface area contributed by atoms with Gasteiger partial charge in [-0.3, -0.25) is 19.8 Å². The lowest BCUT2D eigenvalue weighted by atomic mass is 10.0. The lowest BCUT2D eigenvalue weighted by Gasteiger charge is -2.26. The smallest absolute Gasteiger partial charge is 0.248 e. The van der Waals surface area contributed by atoms with Crippen LogP contribution in [0.4, 0.5) is 5.69 Å². The van der Waals surface area contributed by atoms with E-state index in [1.54, 1.807) is 43.0 Å². The summed E-state index contributed by atoms with van der Waals surface area (Å²) in [6.45, 7) is 3.76. The van der Waals surface area contributed by atoms with Crippen molar-refractivity contribution in [3.63, 3.8) is 0 Å². The number of rotatable bonds is 6. The third kappa shape index (κ3) is 4.91. The Morgan fingerprint density at radius 1 is 1.27 bits per heavy atom. The summed E-state index contributed by atoms with van der Waals surface area (Å²) >= 11 is 0. The maximum atomic E-state index is 12.4. The number of aromatic nitrogens is 3. The minimum Gasteiger partial charge on any atom is -0.508 e. The Bertz CT molecular complexity index is 1030. The number of carbonyl (C=O) groups excluding carboxylic acids is 1. The lowest BCUT2D eigenvalue weighted by molar-refractivity contribution is -0.111. The number of carbonyl (C=O) groups is 1. The van der Waals surface area contributed by atoms with Gasteiger partial charge < -0.3 is 15.2 Å². The van der Waals surface area contributed by atoms with E-state index >= 15 is 0 Å². The molecule has 3 N–H and O–H groups in total. The number of benzene rings is 1. The van der Waals surface area contributed by atoms with Gasteiger partial charge in [0, 0.05) is 72.7 Å². The number of nitrogens with one attached hydrogen (secondary N) is 2. The summed E-state index contributed by atoms with van der Waals surface area (Å²) in [5.74, 6) is -0.130. The van der Waals surface area contributed by atoms with Gasteiger partial charge in [0.15, 0.2) is 0 Å². The summed E-state index contributed by atoms with van der Waals surface area (Å²) in [4.78, 5) is 18.7. The van der Waals surface area contributed by atoms with Gasteiger partial charge in [-0.2, -0.15) is 5.10 Å². The first-order valence-electron chi connectivity index (χ1n) is 9.73. The maximum Gasteiger partial charge on any atom is 0.248 e. The van der Waals surface area contributed by atoms with Gasteiger partial charge in [0.1, 0.15) is 5.75 Å². The minimum absolute atomic E-state index is 0.165. The predicted molar refractivity (Wildman–Crippen MR) is 114 cm³/mol. The molecule has 30 heavy (non-hydrogen) atoms. The molecule has 2 aromatic heterocycles. The SMILES string of the molecule is O=C(/C=C/c1cnccc1-c1cn[nH]c1)Nc1ccc(CN2CCOCC2)c(O)c1. The first kappa shape index (κ1) is 19.8. The predicted octanol–water partition coefficient (Wildman–Crippen LogP) is 2.66. The highest BCUT2D eigenvalue weighted by atomic mass is 16.5. The quantitative estimate of drug-likeness (QED) is 0.545. The van der Waals surface area contributed by atoms with E-state index in [0.717, 1.165) is 35.3 Å². The number of anilines is 1. The molecule has 8 nitrogen and oxygen atoms in total. The summed E-state index contributed by atoms with van der Waals surface area (Å²) < 4.78 is 5.35. The molecule has 0 aliphatic carbocycles. The number of phenolic OH excluding ortho intramolecular Hbond substituents is 1. The molecule has 1 aliphatic rings. The van der Waals surface area contributed by atoms with Gasteiger partial charge in [-0.25, -0.2) is 0 Å². The molecule has 0 bridgehead atoms. The van der Waals surface area contributed by atoms with Gasteiger partial charge in [-0.15, -0.1) is 0 Å². The Morgan fingerprint density at radius 2 is 2.13 bits per heavy atom. The first-order chi connectivity index (χ1) is 14.7. The fraction of sp³-hybridized carbons (Fsp3) is 0.227. The fourth-order valence-corrected chi connectivity index (χ4v) is 3.33. The van der Waals surface area contributed by atoms with E-state index in [1.807, 2.05) is 12.1 Å². The van der Waals surface area contributed by atoms with Gasteiger partial charge in [0.2, 0.25) is 5.91 Å². The number of H-pyrrole nitrogens is 1. The molecule has 0 spiro atoms. The average molecular weight is 405 g/mol. The van der Waals surface area contributed by atoms with E-state index in [2.05, 4.69) is 25.4 Å². The lowest BCUT2D eigenvalue weighted by Crippen LogP contribution is -2.35. The van der Waals surface area contributed by atoms with Gasteiger partial charge in [-0.05, 0) is 23.8 Å². The molecule has 8 heteroatoms. The first-order valence-corrected chi connectivity index (χ1v) is 9.73. The molecule has 3 heterocycles. The number of hydrogen-bond acceptors (Lipinski definition) is 6. The van der Waals surface area contributed by atoms with Crippen molar-refractivity contribution in [2.24, 2.45) is 0 Å². The van der Waals surface area contributed by atoms with Crippen molar-refractivity contribution < 1.29 is 14.6 Å². The van der Waals surface area contributed by atoms with Crippen LogP contribution in [0.25, 0.3) is 17.2 Å². The van der Waals surface area contributed by atoms with E-state index in [1.165, 1.54) is 6.08 Å². The van der Waals surface area contributed by atoms with Crippen molar-refractivity contribution in [1.29, 1.82) is 0 Å². The van der Waals surface area contributed by atoms with Crippen LogP contribution < -0.4 is 5.32 Å². The van der Waals surface area contributed by atoms with Crippen molar-refractivity contribution in [3.8, 4) is 16.9 Å². The van der Waals surface area contributed by atoms with E-state index in [9.17, 15) is 9.90 Å². The van der Waals surface area contributed by atoms with Gasteiger partial charge in [0.05, 0.1) is 19.4 Å². The van der Waals surface area contributed by atoms with Crippen LogP contribution in [0.15, 0.2) is 55.1 Å². The average Bonchev–Trinajstić information content (AvgIpc) is 3.30. The van der Waals surface area contributed by atoms with E-state index in [4.69, 9.17) is 4.74 Å². The van der Waals surface area contributed by atoms with Crippen molar-refractivity contribution in [2.45, 2.75) is 6.54 Å². The van der Waals surface area contributed by atoms with E-state index in [-0.39, 0.29) is 11.7 Å². The number of aromatic amines is 1. The van der Waals surface area contributed by atoms with E-state index in [0.29, 0.717) is 25.4 Å². The number of amides is 1. The van der Waals surface area contributed by atoms with Crippen LogP contribution in [-0.4, -0.2) is 57.4 Å². The summed E-state index contributed by atoms with van der Waals surface area (Å²) in [5, 5.41) is 19.9. The van der Waals surface area contributed by atoms with Gasteiger partial charge in [0.25, 0.3) is 0 Å². The van der Waals surface area contributed by atoms with Crippen LogP contribution in [0.1, 0.15) is 11.1 Å².